The van der Waals surface area contributed by atoms with Gasteiger partial charge in [0.05, 0.1) is 0 Å². The Labute approximate surface area is 97.9 Å². The molecule has 3 aliphatic rings. The Kier molecular flexibility index (Phi) is 2.32. The molecular formula is C10H14N6O. The number of hydrogen-bond donors (Lipinski definition) is 3. The summed E-state index contributed by atoms with van der Waals surface area (Å²) in [4.78, 5) is 15.7. The number of ether oxygens (including phenoxy) is 1. The van der Waals surface area contributed by atoms with E-state index in [0.29, 0.717) is 23.3 Å². The monoisotopic (exact) mass is 234 g/mol. The first-order valence-corrected chi connectivity index (χ1v) is 5.60. The van der Waals surface area contributed by atoms with E-state index in [1.807, 2.05) is 0 Å². The SMILES string of the molecule is Nc1nc(N)c2nc(C3CCOCC3)nc-2[nH]1. The topological polar surface area (TPSA) is 116 Å². The average Bonchev–Trinajstić information content (AvgIpc) is 2.74. The summed E-state index contributed by atoms with van der Waals surface area (Å²) in [5.74, 6) is 2.33. The van der Waals surface area contributed by atoms with Gasteiger partial charge in [0.15, 0.2) is 17.3 Å². The number of H-pyrrole nitrogens is 1. The number of hydrogen-bond acceptors (Lipinski definition) is 6. The Balaban J connectivity index is 2.01. The third kappa shape index (κ3) is 1.78. The van der Waals surface area contributed by atoms with Crippen LogP contribution < -0.4 is 11.5 Å². The van der Waals surface area contributed by atoms with Gasteiger partial charge in [-0.05, 0) is 12.8 Å². The molecule has 0 saturated carbocycles. The molecule has 7 heteroatoms. The van der Waals surface area contributed by atoms with E-state index in [-0.39, 0.29) is 5.95 Å². The first-order chi connectivity index (χ1) is 8.24. The van der Waals surface area contributed by atoms with E-state index in [4.69, 9.17) is 16.2 Å². The fourth-order valence-electron chi connectivity index (χ4n) is 2.10. The summed E-state index contributed by atoms with van der Waals surface area (Å²) in [5.41, 5.74) is 11.9. The second kappa shape index (κ2) is 3.85. The minimum Gasteiger partial charge on any atom is -0.382 e. The lowest BCUT2D eigenvalue weighted by Crippen LogP contribution is -2.14. The quantitative estimate of drug-likeness (QED) is 0.656. The van der Waals surface area contributed by atoms with Crippen LogP contribution in [0.15, 0.2) is 0 Å². The fourth-order valence-corrected chi connectivity index (χ4v) is 2.10. The molecule has 0 radical (unpaired) electrons. The van der Waals surface area contributed by atoms with Crippen molar-refractivity contribution in [2.24, 2.45) is 0 Å². The van der Waals surface area contributed by atoms with Gasteiger partial charge >= 0.3 is 0 Å². The van der Waals surface area contributed by atoms with Crippen molar-refractivity contribution in [3.8, 4) is 11.5 Å². The molecule has 0 aromatic rings. The van der Waals surface area contributed by atoms with Gasteiger partial charge in [-0.3, -0.25) is 0 Å². The zero-order valence-electron chi connectivity index (χ0n) is 9.31. The van der Waals surface area contributed by atoms with Crippen molar-refractivity contribution >= 4 is 11.8 Å². The Morgan fingerprint density at radius 3 is 2.65 bits per heavy atom. The van der Waals surface area contributed by atoms with Crippen molar-refractivity contribution < 1.29 is 4.74 Å². The van der Waals surface area contributed by atoms with E-state index in [0.717, 1.165) is 31.9 Å². The van der Waals surface area contributed by atoms with Crippen LogP contribution >= 0.6 is 0 Å². The molecule has 0 spiro atoms. The van der Waals surface area contributed by atoms with E-state index in [1.165, 1.54) is 0 Å². The number of anilines is 2. The van der Waals surface area contributed by atoms with Crippen molar-refractivity contribution in [1.29, 1.82) is 0 Å². The third-order valence-electron chi connectivity index (χ3n) is 2.99. The van der Waals surface area contributed by atoms with E-state index in [1.54, 1.807) is 0 Å². The number of nitrogens with one attached hydrogen (secondary N) is 1. The van der Waals surface area contributed by atoms with Crippen LogP contribution in [-0.4, -0.2) is 33.1 Å². The van der Waals surface area contributed by atoms with Crippen molar-refractivity contribution in [3.63, 3.8) is 0 Å². The smallest absolute Gasteiger partial charge is 0.201 e. The number of aromatic nitrogens is 4. The van der Waals surface area contributed by atoms with E-state index >= 15 is 0 Å². The van der Waals surface area contributed by atoms with Crippen LogP contribution in [0.2, 0.25) is 0 Å². The zero-order valence-corrected chi connectivity index (χ0v) is 9.31. The van der Waals surface area contributed by atoms with E-state index in [2.05, 4.69) is 19.9 Å². The highest BCUT2D eigenvalue weighted by atomic mass is 16.5. The molecule has 0 aromatic heterocycles. The van der Waals surface area contributed by atoms with Gasteiger partial charge in [-0.15, -0.1) is 0 Å². The molecule has 1 fully saturated rings. The molecule has 7 nitrogen and oxygen atoms in total. The number of aromatic amines is 1. The van der Waals surface area contributed by atoms with Crippen LogP contribution in [0.1, 0.15) is 24.6 Å². The molecule has 17 heavy (non-hydrogen) atoms. The van der Waals surface area contributed by atoms with Crippen molar-refractivity contribution in [1.82, 2.24) is 19.9 Å². The molecule has 3 rings (SSSR count). The average molecular weight is 234 g/mol. The van der Waals surface area contributed by atoms with E-state index in [9.17, 15) is 0 Å². The normalized spacial score (nSPS) is 17.6. The van der Waals surface area contributed by atoms with Crippen LogP contribution in [0.3, 0.4) is 0 Å². The second-order valence-corrected chi connectivity index (χ2v) is 4.17. The summed E-state index contributed by atoms with van der Waals surface area (Å²) in [6.07, 6.45) is 1.89. The molecule has 90 valence electrons. The highest BCUT2D eigenvalue weighted by Crippen LogP contribution is 2.30. The summed E-state index contributed by atoms with van der Waals surface area (Å²) in [6, 6.07) is 0. The Hall–Kier alpha value is -1.89. The van der Waals surface area contributed by atoms with Gasteiger partial charge in [0.25, 0.3) is 0 Å². The maximum absolute atomic E-state index is 5.76. The first-order valence-electron chi connectivity index (χ1n) is 5.60. The van der Waals surface area contributed by atoms with Gasteiger partial charge in [0, 0.05) is 19.1 Å². The Bertz CT molecular complexity index is 504. The lowest BCUT2D eigenvalue weighted by Gasteiger charge is -2.18. The van der Waals surface area contributed by atoms with E-state index < -0.39 is 0 Å². The lowest BCUT2D eigenvalue weighted by molar-refractivity contribution is 0.0838. The molecule has 3 heterocycles. The van der Waals surface area contributed by atoms with Gasteiger partial charge in [0.2, 0.25) is 5.95 Å². The standard InChI is InChI=1S/C10H14N6O/c11-7-6-9(16-10(12)14-7)15-8(13-6)5-1-3-17-4-2-5/h5H,1-4H2,(H5,11,12,13,14,15,16). The zero-order chi connectivity index (χ0) is 11.8. The molecule has 0 unspecified atom stereocenters. The minimum absolute atomic E-state index is 0.258. The highest BCUT2D eigenvalue weighted by molar-refractivity contribution is 5.67. The second-order valence-electron chi connectivity index (χ2n) is 4.17. The van der Waals surface area contributed by atoms with Crippen molar-refractivity contribution in [2.75, 3.05) is 24.7 Å². The molecule has 0 aromatic carbocycles. The molecule has 0 amide bonds. The van der Waals surface area contributed by atoms with Crippen LogP contribution in [0.25, 0.3) is 11.5 Å². The van der Waals surface area contributed by atoms with Gasteiger partial charge < -0.3 is 21.2 Å². The molecule has 0 aliphatic carbocycles. The summed E-state index contributed by atoms with van der Waals surface area (Å²) < 4.78 is 5.32. The highest BCUT2D eigenvalue weighted by Gasteiger charge is 2.24. The fraction of sp³-hybridized carbons (Fsp3) is 0.500. The number of nitrogens with two attached hydrogens (primary N) is 2. The molecular weight excluding hydrogens is 220 g/mol. The summed E-state index contributed by atoms with van der Waals surface area (Å²) >= 11 is 0. The predicted molar refractivity (Wildman–Crippen MR) is 62.4 cm³/mol. The number of nitrogen functional groups attached to an aromatic ring is 2. The summed E-state index contributed by atoms with van der Waals surface area (Å²) in [5, 5.41) is 0. The van der Waals surface area contributed by atoms with Gasteiger partial charge in [-0.2, -0.15) is 4.98 Å². The van der Waals surface area contributed by atoms with Crippen LogP contribution in [0.4, 0.5) is 11.8 Å². The van der Waals surface area contributed by atoms with Crippen molar-refractivity contribution in [3.05, 3.63) is 5.82 Å². The Morgan fingerprint density at radius 2 is 1.88 bits per heavy atom. The lowest BCUT2D eigenvalue weighted by atomic mass is 10.00. The Morgan fingerprint density at radius 1 is 1.12 bits per heavy atom. The maximum atomic E-state index is 5.76. The van der Waals surface area contributed by atoms with Crippen molar-refractivity contribution in [2.45, 2.75) is 18.8 Å². The van der Waals surface area contributed by atoms with Gasteiger partial charge in [-0.1, -0.05) is 0 Å². The first kappa shape index (κ1) is 10.3. The number of imidazole rings is 1. The largest absolute Gasteiger partial charge is 0.382 e. The molecule has 0 bridgehead atoms. The maximum Gasteiger partial charge on any atom is 0.201 e. The van der Waals surface area contributed by atoms with Crippen LogP contribution in [0.5, 0.6) is 0 Å². The van der Waals surface area contributed by atoms with Gasteiger partial charge in [-0.25, -0.2) is 9.97 Å². The molecule has 1 saturated heterocycles. The molecule has 5 N–H and O–H groups in total. The third-order valence-corrected chi connectivity index (χ3v) is 2.99. The predicted octanol–water partition coefficient (Wildman–Crippen LogP) is 0.363. The number of nitrogens with zero attached hydrogens (tertiary/aromatic N) is 3. The summed E-state index contributed by atoms with van der Waals surface area (Å²) in [6.45, 7) is 1.52. The van der Waals surface area contributed by atoms with Gasteiger partial charge in [0.1, 0.15) is 5.82 Å². The number of rotatable bonds is 1. The minimum atomic E-state index is 0.258. The van der Waals surface area contributed by atoms with Crippen LogP contribution in [0, 0.1) is 0 Å². The summed E-state index contributed by atoms with van der Waals surface area (Å²) in [7, 11) is 0. The molecule has 0 atom stereocenters. The number of fused-ring (bicyclic) bond motifs is 1. The molecule has 3 aliphatic heterocycles. The van der Waals surface area contributed by atoms with Crippen LogP contribution in [-0.2, 0) is 4.74 Å².